The minimum atomic E-state index is -0.469. The van der Waals surface area contributed by atoms with Crippen LogP contribution in [0, 0.1) is 0 Å². The second kappa shape index (κ2) is 2.20. The molecule has 2 atom stereocenters. The van der Waals surface area contributed by atoms with E-state index in [1.807, 2.05) is 0 Å². The molecule has 58 valence electrons. The van der Waals surface area contributed by atoms with Gasteiger partial charge in [0.2, 0.25) is 0 Å². The Labute approximate surface area is 64.0 Å². The maximum absolute atomic E-state index is 10.7. The monoisotopic (exact) mass is 152 g/mol. The lowest BCUT2D eigenvalue weighted by Crippen LogP contribution is -2.21. The molecule has 2 aliphatic rings. The molecule has 0 aromatic heterocycles. The van der Waals surface area contributed by atoms with Crippen LogP contribution in [-0.2, 0) is 9.53 Å². The summed E-state index contributed by atoms with van der Waals surface area (Å²) < 4.78 is 4.89. The Balaban J connectivity index is 2.26. The zero-order valence-corrected chi connectivity index (χ0v) is 5.86. The molecule has 11 heavy (non-hydrogen) atoms. The first-order valence-electron chi connectivity index (χ1n) is 3.54. The standard InChI is InChI=1S/C8H8O3/c9-6-2-1-5-3-8(10)11-7(5)4-6/h1-3,6-7,9H,4H2/t6?,7-/m0/s1. The van der Waals surface area contributed by atoms with Gasteiger partial charge in [-0.2, -0.15) is 0 Å². The molecule has 1 aliphatic carbocycles. The summed E-state index contributed by atoms with van der Waals surface area (Å²) in [6.07, 6.45) is 4.69. The molecular formula is C8H8O3. The number of hydrogen-bond acceptors (Lipinski definition) is 3. The SMILES string of the molecule is O=C1C=C2C=CC(O)C[C@@H]2O1. The van der Waals surface area contributed by atoms with E-state index in [4.69, 9.17) is 9.84 Å². The number of aliphatic hydroxyl groups is 1. The zero-order chi connectivity index (χ0) is 7.84. The molecular weight excluding hydrogens is 144 g/mol. The van der Waals surface area contributed by atoms with Crippen LogP contribution < -0.4 is 0 Å². The highest BCUT2D eigenvalue weighted by molar-refractivity contribution is 5.86. The lowest BCUT2D eigenvalue weighted by Gasteiger charge is -2.18. The van der Waals surface area contributed by atoms with E-state index < -0.39 is 6.10 Å². The average Bonchev–Trinajstić information content (AvgIpc) is 2.27. The maximum atomic E-state index is 10.7. The van der Waals surface area contributed by atoms with Crippen molar-refractivity contribution in [3.05, 3.63) is 23.8 Å². The van der Waals surface area contributed by atoms with Crippen molar-refractivity contribution in [2.75, 3.05) is 0 Å². The number of aliphatic hydroxyl groups excluding tert-OH is 1. The number of hydrogen-bond donors (Lipinski definition) is 1. The van der Waals surface area contributed by atoms with Crippen molar-refractivity contribution in [3.63, 3.8) is 0 Å². The number of esters is 1. The van der Waals surface area contributed by atoms with Gasteiger partial charge in [0.05, 0.1) is 6.10 Å². The van der Waals surface area contributed by atoms with E-state index in [0.717, 1.165) is 5.57 Å². The molecule has 0 radical (unpaired) electrons. The first-order valence-corrected chi connectivity index (χ1v) is 3.54. The summed E-state index contributed by atoms with van der Waals surface area (Å²) in [5.74, 6) is -0.302. The Kier molecular flexibility index (Phi) is 1.32. The minimum Gasteiger partial charge on any atom is -0.454 e. The molecule has 0 aromatic rings. The molecule has 0 amide bonds. The van der Waals surface area contributed by atoms with Crippen molar-refractivity contribution in [2.45, 2.75) is 18.6 Å². The number of ether oxygens (including phenoxy) is 1. The van der Waals surface area contributed by atoms with Crippen molar-refractivity contribution in [2.24, 2.45) is 0 Å². The van der Waals surface area contributed by atoms with Gasteiger partial charge in [-0.3, -0.25) is 0 Å². The summed E-state index contributed by atoms with van der Waals surface area (Å²) in [7, 11) is 0. The lowest BCUT2D eigenvalue weighted by molar-refractivity contribution is -0.139. The van der Waals surface area contributed by atoms with Gasteiger partial charge in [0, 0.05) is 12.5 Å². The Morgan fingerprint density at radius 3 is 3.27 bits per heavy atom. The molecule has 0 spiro atoms. The fourth-order valence-electron chi connectivity index (χ4n) is 1.33. The van der Waals surface area contributed by atoms with E-state index in [1.165, 1.54) is 6.08 Å². The summed E-state index contributed by atoms with van der Waals surface area (Å²) in [5.41, 5.74) is 0.875. The molecule has 0 fully saturated rings. The summed E-state index contributed by atoms with van der Waals surface area (Å²) in [6.45, 7) is 0. The average molecular weight is 152 g/mol. The Morgan fingerprint density at radius 2 is 2.45 bits per heavy atom. The molecule has 3 heteroatoms. The molecule has 1 aliphatic heterocycles. The topological polar surface area (TPSA) is 46.5 Å². The van der Waals surface area contributed by atoms with Crippen LogP contribution in [-0.4, -0.2) is 23.3 Å². The lowest BCUT2D eigenvalue weighted by atomic mass is 9.98. The quantitative estimate of drug-likeness (QED) is 0.503. The fraction of sp³-hybridized carbons (Fsp3) is 0.375. The highest BCUT2D eigenvalue weighted by atomic mass is 16.5. The smallest absolute Gasteiger partial charge is 0.331 e. The van der Waals surface area contributed by atoms with Gasteiger partial charge in [-0.1, -0.05) is 12.2 Å². The van der Waals surface area contributed by atoms with Gasteiger partial charge in [-0.15, -0.1) is 0 Å². The van der Waals surface area contributed by atoms with Crippen molar-refractivity contribution < 1.29 is 14.6 Å². The molecule has 1 unspecified atom stereocenters. The first-order chi connectivity index (χ1) is 5.25. The third-order valence-electron chi connectivity index (χ3n) is 1.88. The van der Waals surface area contributed by atoms with Crippen molar-refractivity contribution >= 4 is 5.97 Å². The van der Waals surface area contributed by atoms with E-state index in [2.05, 4.69) is 0 Å². The van der Waals surface area contributed by atoms with Crippen LogP contribution in [0.1, 0.15) is 6.42 Å². The summed E-state index contributed by atoms with van der Waals surface area (Å²) in [6, 6.07) is 0. The maximum Gasteiger partial charge on any atom is 0.331 e. The normalized spacial score (nSPS) is 34.6. The van der Waals surface area contributed by atoms with Crippen molar-refractivity contribution in [3.8, 4) is 0 Å². The first kappa shape index (κ1) is 6.61. The van der Waals surface area contributed by atoms with Gasteiger partial charge in [-0.05, 0) is 5.57 Å². The molecule has 0 saturated heterocycles. The summed E-state index contributed by atoms with van der Waals surface area (Å²) >= 11 is 0. The summed E-state index contributed by atoms with van der Waals surface area (Å²) in [5, 5.41) is 9.14. The van der Waals surface area contributed by atoms with E-state index in [0.29, 0.717) is 6.42 Å². The van der Waals surface area contributed by atoms with Gasteiger partial charge in [0.15, 0.2) is 0 Å². The van der Waals surface area contributed by atoms with Crippen LogP contribution in [0.4, 0.5) is 0 Å². The van der Waals surface area contributed by atoms with Crippen LogP contribution in [0.25, 0.3) is 0 Å². The molecule has 0 saturated carbocycles. The van der Waals surface area contributed by atoms with E-state index in [9.17, 15) is 4.79 Å². The minimum absolute atomic E-state index is 0.206. The third kappa shape index (κ3) is 1.07. The van der Waals surface area contributed by atoms with Crippen LogP contribution >= 0.6 is 0 Å². The van der Waals surface area contributed by atoms with Crippen molar-refractivity contribution in [1.29, 1.82) is 0 Å². The molecule has 1 N–H and O–H groups in total. The largest absolute Gasteiger partial charge is 0.454 e. The van der Waals surface area contributed by atoms with Gasteiger partial charge < -0.3 is 9.84 Å². The van der Waals surface area contributed by atoms with E-state index >= 15 is 0 Å². The van der Waals surface area contributed by atoms with Crippen LogP contribution in [0.15, 0.2) is 23.8 Å². The van der Waals surface area contributed by atoms with Crippen LogP contribution in [0.5, 0.6) is 0 Å². The van der Waals surface area contributed by atoms with Gasteiger partial charge in [0.25, 0.3) is 0 Å². The van der Waals surface area contributed by atoms with E-state index in [-0.39, 0.29) is 12.1 Å². The van der Waals surface area contributed by atoms with Gasteiger partial charge in [0.1, 0.15) is 6.10 Å². The molecule has 0 aromatic carbocycles. The van der Waals surface area contributed by atoms with Crippen molar-refractivity contribution in [1.82, 2.24) is 0 Å². The molecule has 2 rings (SSSR count). The number of rotatable bonds is 0. The fourth-order valence-corrected chi connectivity index (χ4v) is 1.33. The number of carbonyl (C=O) groups excluding carboxylic acids is 1. The Bertz CT molecular complexity index is 252. The molecule has 3 nitrogen and oxygen atoms in total. The number of fused-ring (bicyclic) bond motifs is 1. The van der Waals surface area contributed by atoms with Gasteiger partial charge in [-0.25, -0.2) is 4.79 Å². The molecule has 1 heterocycles. The predicted octanol–water partition coefficient (Wildman–Crippen LogP) is 0.159. The highest BCUT2D eigenvalue weighted by Crippen LogP contribution is 2.25. The second-order valence-electron chi connectivity index (χ2n) is 2.73. The van der Waals surface area contributed by atoms with E-state index in [1.54, 1.807) is 12.2 Å². The van der Waals surface area contributed by atoms with Crippen LogP contribution in [0.2, 0.25) is 0 Å². The second-order valence-corrected chi connectivity index (χ2v) is 2.73. The molecule has 0 bridgehead atoms. The Hall–Kier alpha value is -1.09. The van der Waals surface area contributed by atoms with Crippen LogP contribution in [0.3, 0.4) is 0 Å². The predicted molar refractivity (Wildman–Crippen MR) is 37.7 cm³/mol. The Morgan fingerprint density at radius 1 is 1.64 bits per heavy atom. The number of carbonyl (C=O) groups is 1. The highest BCUT2D eigenvalue weighted by Gasteiger charge is 2.28. The zero-order valence-electron chi connectivity index (χ0n) is 5.86. The summed E-state index contributed by atoms with van der Waals surface area (Å²) in [4.78, 5) is 10.7. The third-order valence-corrected chi connectivity index (χ3v) is 1.88. The van der Waals surface area contributed by atoms with Gasteiger partial charge >= 0.3 is 5.97 Å².